The molecule has 0 spiro atoms. The Morgan fingerprint density at radius 3 is 2.75 bits per heavy atom. The van der Waals surface area contributed by atoms with E-state index >= 15 is 0 Å². The first-order valence-corrected chi connectivity index (χ1v) is 3.82. The van der Waals surface area contributed by atoms with Crippen molar-refractivity contribution in [3.05, 3.63) is 39.7 Å². The van der Waals surface area contributed by atoms with E-state index in [0.717, 1.165) is 6.07 Å². The van der Waals surface area contributed by atoms with Crippen molar-refractivity contribution in [2.24, 2.45) is 0 Å². The molecule has 1 aromatic carbocycles. The fourth-order valence-corrected chi connectivity index (χ4v) is 1.07. The molecule has 3 nitrogen and oxygen atoms in total. The van der Waals surface area contributed by atoms with Gasteiger partial charge in [0.1, 0.15) is 0 Å². The Bertz CT molecular complexity index is 316. The number of rotatable bonds is 2. The first-order chi connectivity index (χ1) is 5.66. The molecule has 1 rings (SSSR count). The number of halogens is 1. The summed E-state index contributed by atoms with van der Waals surface area (Å²) in [7, 11) is 0. The van der Waals surface area contributed by atoms with Crippen LogP contribution in [0.25, 0.3) is 0 Å². The number of thiol groups is 1. The molecule has 0 heterocycles. The van der Waals surface area contributed by atoms with E-state index in [1.165, 1.54) is 12.1 Å². The van der Waals surface area contributed by atoms with E-state index in [-0.39, 0.29) is 11.3 Å². The number of hydrogen-bond acceptors (Lipinski definition) is 3. The Labute approximate surface area is 73.8 Å². The molecule has 12 heavy (non-hydrogen) atoms. The van der Waals surface area contributed by atoms with Gasteiger partial charge in [0, 0.05) is 17.4 Å². The minimum atomic E-state index is -0.794. The van der Waals surface area contributed by atoms with Crippen LogP contribution in [0.5, 0.6) is 0 Å². The van der Waals surface area contributed by atoms with Gasteiger partial charge in [-0.15, -0.1) is 0 Å². The highest BCUT2D eigenvalue weighted by molar-refractivity contribution is 7.79. The van der Waals surface area contributed by atoms with Crippen molar-refractivity contribution in [2.45, 2.75) is 5.75 Å². The van der Waals surface area contributed by atoms with E-state index in [2.05, 4.69) is 12.6 Å². The first kappa shape index (κ1) is 8.99. The zero-order valence-electron chi connectivity index (χ0n) is 6.03. The lowest BCUT2D eigenvalue weighted by molar-refractivity contribution is -0.387. The average Bonchev–Trinajstić information content (AvgIpc) is 2.04. The predicted molar refractivity (Wildman–Crippen MR) is 45.7 cm³/mol. The number of nitrogens with zero attached hydrogens (tertiary/aromatic N) is 1. The number of nitro benzene ring substituents is 1. The molecule has 0 aliphatic heterocycles. The highest BCUT2D eigenvalue weighted by Gasteiger charge is 2.15. The third-order valence-electron chi connectivity index (χ3n) is 1.43. The lowest BCUT2D eigenvalue weighted by Crippen LogP contribution is -1.95. The van der Waals surface area contributed by atoms with E-state index in [0.29, 0.717) is 0 Å². The minimum Gasteiger partial charge on any atom is -0.258 e. The van der Waals surface area contributed by atoms with Crippen LogP contribution in [-0.4, -0.2) is 4.92 Å². The van der Waals surface area contributed by atoms with Crippen molar-refractivity contribution in [3.8, 4) is 0 Å². The fourth-order valence-electron chi connectivity index (χ4n) is 0.829. The Morgan fingerprint density at radius 2 is 2.25 bits per heavy atom. The number of nitro groups is 1. The maximum Gasteiger partial charge on any atom is 0.305 e. The molecule has 0 aliphatic carbocycles. The van der Waals surface area contributed by atoms with Crippen molar-refractivity contribution in [1.29, 1.82) is 0 Å². The summed E-state index contributed by atoms with van der Waals surface area (Å²) in [5.41, 5.74) is -0.255. The monoisotopic (exact) mass is 187 g/mol. The quantitative estimate of drug-likeness (QED) is 0.438. The zero-order chi connectivity index (χ0) is 9.14. The van der Waals surface area contributed by atoms with Crippen LogP contribution in [0.3, 0.4) is 0 Å². The van der Waals surface area contributed by atoms with Crippen molar-refractivity contribution in [3.63, 3.8) is 0 Å². The van der Waals surface area contributed by atoms with Gasteiger partial charge in [-0.05, 0) is 0 Å². The van der Waals surface area contributed by atoms with Crippen LogP contribution in [0.15, 0.2) is 18.2 Å². The van der Waals surface area contributed by atoms with E-state index in [4.69, 9.17) is 0 Å². The van der Waals surface area contributed by atoms with Crippen LogP contribution in [0.4, 0.5) is 10.1 Å². The largest absolute Gasteiger partial charge is 0.305 e. The topological polar surface area (TPSA) is 43.1 Å². The van der Waals surface area contributed by atoms with Gasteiger partial charge in [0.05, 0.1) is 4.92 Å². The molecule has 64 valence electrons. The molecule has 1 aromatic rings. The highest BCUT2D eigenvalue weighted by atomic mass is 32.1. The Hall–Kier alpha value is -1.10. The Kier molecular flexibility index (Phi) is 2.65. The Morgan fingerprint density at radius 1 is 1.58 bits per heavy atom. The van der Waals surface area contributed by atoms with E-state index in [1.807, 2.05) is 0 Å². The molecule has 0 atom stereocenters. The van der Waals surface area contributed by atoms with Crippen LogP contribution in [0.1, 0.15) is 5.56 Å². The maximum atomic E-state index is 13.0. The van der Waals surface area contributed by atoms with Crippen LogP contribution < -0.4 is 0 Å². The van der Waals surface area contributed by atoms with Crippen LogP contribution in [-0.2, 0) is 5.75 Å². The predicted octanol–water partition coefficient (Wildman–Crippen LogP) is 2.16. The van der Waals surface area contributed by atoms with Gasteiger partial charge >= 0.3 is 5.69 Å². The molecular weight excluding hydrogens is 181 g/mol. The summed E-state index contributed by atoms with van der Waals surface area (Å²) in [5.74, 6) is -0.634. The summed E-state index contributed by atoms with van der Waals surface area (Å²) in [6.07, 6.45) is 0. The van der Waals surface area contributed by atoms with Gasteiger partial charge < -0.3 is 0 Å². The summed E-state index contributed by atoms with van der Waals surface area (Å²) in [4.78, 5) is 9.48. The van der Waals surface area contributed by atoms with Gasteiger partial charge in [0.2, 0.25) is 5.82 Å². The van der Waals surface area contributed by atoms with Crippen molar-refractivity contribution < 1.29 is 9.31 Å². The lowest BCUT2D eigenvalue weighted by atomic mass is 10.2. The van der Waals surface area contributed by atoms with E-state index in [1.54, 1.807) is 0 Å². The molecule has 0 radical (unpaired) electrons. The number of benzene rings is 1. The van der Waals surface area contributed by atoms with Crippen molar-refractivity contribution in [1.82, 2.24) is 0 Å². The highest BCUT2D eigenvalue weighted by Crippen LogP contribution is 2.20. The van der Waals surface area contributed by atoms with Gasteiger partial charge in [-0.25, -0.2) is 0 Å². The van der Waals surface area contributed by atoms with E-state index < -0.39 is 16.4 Å². The fraction of sp³-hybridized carbons (Fsp3) is 0.143. The molecule has 0 saturated carbocycles. The summed E-state index contributed by atoms with van der Waals surface area (Å²) >= 11 is 3.83. The first-order valence-electron chi connectivity index (χ1n) is 3.19. The SMILES string of the molecule is O=[N+]([O-])c1cccc(CS)c1F. The smallest absolute Gasteiger partial charge is 0.258 e. The van der Waals surface area contributed by atoms with Gasteiger partial charge in [-0.1, -0.05) is 12.1 Å². The molecule has 0 amide bonds. The van der Waals surface area contributed by atoms with Gasteiger partial charge in [0.25, 0.3) is 0 Å². The average molecular weight is 187 g/mol. The number of hydrogen-bond donors (Lipinski definition) is 1. The molecule has 0 unspecified atom stereocenters. The normalized spacial score (nSPS) is 9.83. The second-order valence-electron chi connectivity index (χ2n) is 2.17. The minimum absolute atomic E-state index is 0.160. The van der Waals surface area contributed by atoms with Crippen molar-refractivity contribution in [2.75, 3.05) is 0 Å². The summed E-state index contributed by atoms with van der Waals surface area (Å²) < 4.78 is 13.0. The summed E-state index contributed by atoms with van der Waals surface area (Å²) in [5, 5.41) is 10.2. The Balaban J connectivity index is 3.23. The molecular formula is C7H6FNO2S. The van der Waals surface area contributed by atoms with Gasteiger partial charge in [-0.2, -0.15) is 17.0 Å². The lowest BCUT2D eigenvalue weighted by Gasteiger charge is -1.98. The maximum absolute atomic E-state index is 13.0. The van der Waals surface area contributed by atoms with Crippen LogP contribution in [0.2, 0.25) is 0 Å². The van der Waals surface area contributed by atoms with Gasteiger partial charge in [0.15, 0.2) is 0 Å². The summed E-state index contributed by atoms with van der Waals surface area (Å²) in [6, 6.07) is 4.03. The van der Waals surface area contributed by atoms with Gasteiger partial charge in [-0.3, -0.25) is 10.1 Å². The molecule has 0 bridgehead atoms. The summed E-state index contributed by atoms with van der Waals surface area (Å²) in [6.45, 7) is 0. The third kappa shape index (κ3) is 1.55. The standard InChI is InChI=1S/C7H6FNO2S/c8-7-5(4-12)2-1-3-6(7)9(10)11/h1-3,12H,4H2. The molecule has 0 fully saturated rings. The van der Waals surface area contributed by atoms with Crippen LogP contribution in [0, 0.1) is 15.9 Å². The second kappa shape index (κ2) is 3.53. The zero-order valence-corrected chi connectivity index (χ0v) is 6.92. The molecule has 0 N–H and O–H groups in total. The third-order valence-corrected chi connectivity index (χ3v) is 1.77. The molecule has 5 heteroatoms. The van der Waals surface area contributed by atoms with Crippen molar-refractivity contribution >= 4 is 18.3 Å². The molecule has 0 saturated heterocycles. The van der Waals surface area contributed by atoms with Crippen LogP contribution >= 0.6 is 12.6 Å². The molecule has 0 aliphatic rings. The second-order valence-corrected chi connectivity index (χ2v) is 2.48. The van der Waals surface area contributed by atoms with E-state index in [9.17, 15) is 14.5 Å². The molecule has 0 aromatic heterocycles.